The van der Waals surface area contributed by atoms with Gasteiger partial charge in [-0.2, -0.15) is 5.10 Å². The first-order valence-corrected chi connectivity index (χ1v) is 10.8. The fourth-order valence-corrected chi connectivity index (χ4v) is 3.92. The molecule has 1 aliphatic rings. The van der Waals surface area contributed by atoms with Gasteiger partial charge in [-0.3, -0.25) is 9.79 Å². The number of carbonyl (C=O) groups excluding carboxylic acids is 1. The fraction of sp³-hybridized carbons (Fsp3) is 0.522. The highest BCUT2D eigenvalue weighted by Crippen LogP contribution is 2.17. The van der Waals surface area contributed by atoms with E-state index >= 15 is 0 Å². The summed E-state index contributed by atoms with van der Waals surface area (Å²) in [6.07, 6.45) is 1.86. The van der Waals surface area contributed by atoms with Crippen molar-refractivity contribution in [2.75, 3.05) is 20.1 Å². The second-order valence-electron chi connectivity index (χ2n) is 8.29. The maximum absolute atomic E-state index is 12.2. The van der Waals surface area contributed by atoms with E-state index in [9.17, 15) is 4.79 Å². The fourth-order valence-electron chi connectivity index (χ4n) is 3.92. The monoisotopic (exact) mass is 538 g/mol. The largest absolute Gasteiger partial charge is 0.354 e. The molecule has 1 saturated heterocycles. The van der Waals surface area contributed by atoms with E-state index in [1.807, 2.05) is 42.5 Å². The number of hydrogen-bond donors (Lipinski definition) is 2. The second-order valence-corrected chi connectivity index (χ2v) is 8.29. The van der Waals surface area contributed by atoms with Crippen LogP contribution in [0.15, 0.2) is 35.3 Å². The quantitative estimate of drug-likeness (QED) is 0.348. The van der Waals surface area contributed by atoms with Gasteiger partial charge in [-0.1, -0.05) is 32.0 Å². The molecule has 0 unspecified atom stereocenters. The Kier molecular flexibility index (Phi) is 9.33. The van der Waals surface area contributed by atoms with Gasteiger partial charge < -0.3 is 15.5 Å². The summed E-state index contributed by atoms with van der Waals surface area (Å²) < 4.78 is 1.99. The van der Waals surface area contributed by atoms with Crippen LogP contribution in [0, 0.1) is 19.8 Å². The van der Waals surface area contributed by atoms with Crippen LogP contribution in [0.1, 0.15) is 43.6 Å². The SMILES string of the molecule is CN=C(NCc1ccccc1-n1nc(C)cc1C)NC1CCN(C(=O)C(C)C)CC1.I. The summed E-state index contributed by atoms with van der Waals surface area (Å²) in [6.45, 7) is 10.2. The number of aryl methyl sites for hydroxylation is 2. The van der Waals surface area contributed by atoms with Crippen molar-refractivity contribution >= 4 is 35.8 Å². The Hall–Kier alpha value is -2.10. The molecule has 31 heavy (non-hydrogen) atoms. The first-order valence-electron chi connectivity index (χ1n) is 10.8. The van der Waals surface area contributed by atoms with E-state index in [1.165, 1.54) is 0 Å². The zero-order chi connectivity index (χ0) is 21.7. The standard InChI is InChI=1S/C23H34N6O.HI/c1-16(2)22(30)28-12-10-20(11-13-28)26-23(24-5)25-15-19-8-6-7-9-21(19)29-18(4)14-17(3)27-29;/h6-9,14,16,20H,10-13,15H2,1-5H3,(H2,24,25,26);1H. The van der Waals surface area contributed by atoms with Gasteiger partial charge in [0, 0.05) is 44.3 Å². The van der Waals surface area contributed by atoms with Gasteiger partial charge in [0.15, 0.2) is 5.96 Å². The van der Waals surface area contributed by atoms with Crippen molar-refractivity contribution in [3.63, 3.8) is 0 Å². The molecule has 0 atom stereocenters. The van der Waals surface area contributed by atoms with Crippen LogP contribution in [0.4, 0.5) is 0 Å². The van der Waals surface area contributed by atoms with E-state index < -0.39 is 0 Å². The van der Waals surface area contributed by atoms with Crippen LogP contribution in [0.3, 0.4) is 0 Å². The summed E-state index contributed by atoms with van der Waals surface area (Å²) >= 11 is 0. The van der Waals surface area contributed by atoms with Crippen LogP contribution < -0.4 is 10.6 Å². The minimum absolute atomic E-state index is 0. The number of aromatic nitrogens is 2. The molecule has 1 aromatic carbocycles. The smallest absolute Gasteiger partial charge is 0.225 e. The maximum atomic E-state index is 12.2. The van der Waals surface area contributed by atoms with E-state index in [1.54, 1.807) is 7.05 Å². The molecule has 1 amide bonds. The molecular formula is C23H35IN6O. The first-order chi connectivity index (χ1) is 14.4. The molecule has 2 N–H and O–H groups in total. The first kappa shape index (κ1) is 25.2. The minimum Gasteiger partial charge on any atom is -0.354 e. The molecule has 170 valence electrons. The van der Waals surface area contributed by atoms with Crippen LogP contribution in [0.25, 0.3) is 5.69 Å². The van der Waals surface area contributed by atoms with Crippen LogP contribution in [0.2, 0.25) is 0 Å². The van der Waals surface area contributed by atoms with Gasteiger partial charge in [0.2, 0.25) is 5.91 Å². The van der Waals surface area contributed by atoms with E-state index in [-0.39, 0.29) is 35.8 Å². The maximum Gasteiger partial charge on any atom is 0.225 e. The molecule has 2 aromatic rings. The van der Waals surface area contributed by atoms with Gasteiger partial charge in [-0.25, -0.2) is 4.68 Å². The number of rotatable bonds is 5. The number of hydrogen-bond acceptors (Lipinski definition) is 3. The van der Waals surface area contributed by atoms with Crippen molar-refractivity contribution in [1.29, 1.82) is 0 Å². The Morgan fingerprint density at radius 2 is 1.90 bits per heavy atom. The lowest BCUT2D eigenvalue weighted by Gasteiger charge is -2.34. The molecular weight excluding hydrogens is 503 g/mol. The highest BCUT2D eigenvalue weighted by molar-refractivity contribution is 14.0. The average Bonchev–Trinajstić information content (AvgIpc) is 3.08. The third-order valence-electron chi connectivity index (χ3n) is 5.54. The number of halogens is 1. The highest BCUT2D eigenvalue weighted by atomic mass is 127. The Balaban J connectivity index is 0.00000341. The van der Waals surface area contributed by atoms with Gasteiger partial charge in [0.1, 0.15) is 0 Å². The molecule has 1 aromatic heterocycles. The Labute approximate surface area is 202 Å². The molecule has 3 rings (SSSR count). The summed E-state index contributed by atoms with van der Waals surface area (Å²) in [6, 6.07) is 10.7. The minimum atomic E-state index is 0. The van der Waals surface area contributed by atoms with Gasteiger partial charge in [0.05, 0.1) is 11.4 Å². The number of para-hydroxylation sites is 1. The topological polar surface area (TPSA) is 74.6 Å². The lowest BCUT2D eigenvalue weighted by atomic mass is 10.0. The number of benzene rings is 1. The molecule has 7 nitrogen and oxygen atoms in total. The van der Waals surface area contributed by atoms with Crippen LogP contribution in [-0.4, -0.2) is 52.7 Å². The normalized spacial score (nSPS) is 15.0. The van der Waals surface area contributed by atoms with Crippen LogP contribution >= 0.6 is 24.0 Å². The molecule has 0 saturated carbocycles. The predicted octanol–water partition coefficient (Wildman–Crippen LogP) is 3.42. The number of nitrogens with one attached hydrogen (secondary N) is 2. The number of piperidine rings is 1. The lowest BCUT2D eigenvalue weighted by molar-refractivity contribution is -0.135. The average molecular weight is 538 g/mol. The number of aliphatic imine (C=N–C) groups is 1. The van der Waals surface area contributed by atoms with Gasteiger partial charge in [-0.15, -0.1) is 24.0 Å². The van der Waals surface area contributed by atoms with E-state index in [2.05, 4.69) is 45.8 Å². The van der Waals surface area contributed by atoms with Gasteiger partial charge >= 0.3 is 0 Å². The molecule has 2 heterocycles. The van der Waals surface area contributed by atoms with Crippen molar-refractivity contribution in [3.8, 4) is 5.69 Å². The lowest BCUT2D eigenvalue weighted by Crippen LogP contribution is -2.50. The molecule has 0 radical (unpaired) electrons. The summed E-state index contributed by atoms with van der Waals surface area (Å²) in [4.78, 5) is 18.5. The number of guanidine groups is 1. The summed E-state index contributed by atoms with van der Waals surface area (Å²) in [5, 5.41) is 11.6. The van der Waals surface area contributed by atoms with Crippen molar-refractivity contribution < 1.29 is 4.79 Å². The zero-order valence-corrected chi connectivity index (χ0v) is 21.5. The molecule has 8 heteroatoms. The highest BCUT2D eigenvalue weighted by Gasteiger charge is 2.24. The number of nitrogens with zero attached hydrogens (tertiary/aromatic N) is 4. The molecule has 1 fully saturated rings. The summed E-state index contributed by atoms with van der Waals surface area (Å²) in [7, 11) is 1.79. The number of likely N-dealkylation sites (tertiary alicyclic amines) is 1. The Bertz CT molecular complexity index is 899. The molecule has 1 aliphatic heterocycles. The predicted molar refractivity (Wildman–Crippen MR) is 136 cm³/mol. The van der Waals surface area contributed by atoms with Crippen molar-refractivity contribution in [2.45, 2.75) is 53.1 Å². The van der Waals surface area contributed by atoms with Gasteiger partial charge in [0.25, 0.3) is 0 Å². The van der Waals surface area contributed by atoms with E-state index in [4.69, 9.17) is 0 Å². The molecule has 0 aliphatic carbocycles. The summed E-state index contributed by atoms with van der Waals surface area (Å²) in [5.74, 6) is 1.09. The number of carbonyl (C=O) groups is 1. The third kappa shape index (κ3) is 6.44. The summed E-state index contributed by atoms with van der Waals surface area (Å²) in [5.41, 5.74) is 4.36. The molecule has 0 spiro atoms. The van der Waals surface area contributed by atoms with Gasteiger partial charge in [-0.05, 0) is 44.4 Å². The Morgan fingerprint density at radius 3 is 2.48 bits per heavy atom. The van der Waals surface area contributed by atoms with E-state index in [0.29, 0.717) is 12.6 Å². The third-order valence-corrected chi connectivity index (χ3v) is 5.54. The second kappa shape index (κ2) is 11.5. The van der Waals surface area contributed by atoms with Crippen LogP contribution in [-0.2, 0) is 11.3 Å². The van der Waals surface area contributed by atoms with E-state index in [0.717, 1.165) is 54.5 Å². The van der Waals surface area contributed by atoms with Crippen molar-refractivity contribution in [3.05, 3.63) is 47.3 Å². The molecule has 0 bridgehead atoms. The van der Waals surface area contributed by atoms with Crippen LogP contribution in [0.5, 0.6) is 0 Å². The van der Waals surface area contributed by atoms with Crippen molar-refractivity contribution in [2.24, 2.45) is 10.9 Å². The van der Waals surface area contributed by atoms with Crippen molar-refractivity contribution in [1.82, 2.24) is 25.3 Å². The number of amides is 1. The zero-order valence-electron chi connectivity index (χ0n) is 19.2. The Morgan fingerprint density at radius 1 is 1.23 bits per heavy atom.